The Labute approximate surface area is 80.5 Å². The molecule has 1 aromatic rings. The largest absolute Gasteiger partial charge is 0.270 e. The zero-order valence-electron chi connectivity index (χ0n) is 7.27. The molecule has 66 valence electrons. The van der Waals surface area contributed by atoms with Crippen molar-refractivity contribution in [2.75, 3.05) is 0 Å². The van der Waals surface area contributed by atoms with Crippen molar-refractivity contribution in [3.05, 3.63) is 42.0 Å². The molecule has 0 atom stereocenters. The van der Waals surface area contributed by atoms with Crippen molar-refractivity contribution >= 4 is 23.0 Å². The number of carbonyl (C=O) groups excluding carboxylic acids is 1. The van der Waals surface area contributed by atoms with Crippen LogP contribution in [0.15, 0.2) is 46.4 Å². The molecular weight excluding hydrogens is 176 g/mol. The summed E-state index contributed by atoms with van der Waals surface area (Å²) in [5.74, 6) is -0.212. The predicted octanol–water partition coefficient (Wildman–Crippen LogP) is 1.66. The first kappa shape index (κ1) is 7.38. The van der Waals surface area contributed by atoms with Crippen LogP contribution in [0.2, 0.25) is 0 Å². The Bertz CT molecular complexity index is 524. The normalized spacial score (nSPS) is 17.3. The SMILES string of the molecule is O=C1C=CC2=Nc3ccccc3C2=N1. The van der Waals surface area contributed by atoms with Gasteiger partial charge >= 0.3 is 0 Å². The highest BCUT2D eigenvalue weighted by atomic mass is 16.1. The molecule has 1 aromatic carbocycles. The van der Waals surface area contributed by atoms with Gasteiger partial charge in [0.25, 0.3) is 5.91 Å². The third kappa shape index (κ3) is 0.893. The Hall–Kier alpha value is -2.03. The Kier molecular flexibility index (Phi) is 1.31. The molecule has 1 amide bonds. The van der Waals surface area contributed by atoms with Crippen LogP contribution in [-0.2, 0) is 4.79 Å². The smallest absolute Gasteiger partial charge is 0.267 e. The summed E-state index contributed by atoms with van der Waals surface area (Å²) in [6, 6.07) is 7.69. The number of aliphatic imine (C=N–C) groups is 2. The predicted molar refractivity (Wildman–Crippen MR) is 54.2 cm³/mol. The quantitative estimate of drug-likeness (QED) is 0.601. The van der Waals surface area contributed by atoms with Gasteiger partial charge in [0.2, 0.25) is 0 Å². The average molecular weight is 182 g/mol. The third-order valence-corrected chi connectivity index (χ3v) is 2.25. The Morgan fingerprint density at radius 2 is 1.86 bits per heavy atom. The number of rotatable bonds is 0. The fourth-order valence-electron chi connectivity index (χ4n) is 1.62. The zero-order chi connectivity index (χ0) is 9.54. The fourth-order valence-corrected chi connectivity index (χ4v) is 1.62. The van der Waals surface area contributed by atoms with Gasteiger partial charge in [-0.25, -0.2) is 9.98 Å². The summed E-state index contributed by atoms with van der Waals surface area (Å²) in [5.41, 5.74) is 3.32. The van der Waals surface area contributed by atoms with Crippen LogP contribution in [0.5, 0.6) is 0 Å². The van der Waals surface area contributed by atoms with Gasteiger partial charge in [0.05, 0.1) is 11.4 Å². The molecule has 0 unspecified atom stereocenters. The van der Waals surface area contributed by atoms with E-state index in [4.69, 9.17) is 0 Å². The Balaban J connectivity index is 2.27. The van der Waals surface area contributed by atoms with Gasteiger partial charge < -0.3 is 0 Å². The number of benzene rings is 1. The van der Waals surface area contributed by atoms with Gasteiger partial charge in [-0.15, -0.1) is 0 Å². The minimum Gasteiger partial charge on any atom is -0.267 e. The van der Waals surface area contributed by atoms with E-state index in [1.807, 2.05) is 24.3 Å². The van der Waals surface area contributed by atoms with E-state index >= 15 is 0 Å². The fraction of sp³-hybridized carbons (Fsp3) is 0. The molecule has 3 heteroatoms. The van der Waals surface area contributed by atoms with E-state index in [9.17, 15) is 4.79 Å². The monoisotopic (exact) mass is 182 g/mol. The molecule has 0 spiro atoms. The molecule has 0 fully saturated rings. The molecule has 2 aliphatic heterocycles. The van der Waals surface area contributed by atoms with Crippen molar-refractivity contribution in [1.29, 1.82) is 0 Å². The minimum atomic E-state index is -0.212. The van der Waals surface area contributed by atoms with Crippen LogP contribution in [0.1, 0.15) is 5.56 Å². The van der Waals surface area contributed by atoms with E-state index in [2.05, 4.69) is 9.98 Å². The maximum Gasteiger partial charge on any atom is 0.270 e. The number of carbonyl (C=O) groups is 1. The van der Waals surface area contributed by atoms with Crippen LogP contribution >= 0.6 is 0 Å². The second-order valence-corrected chi connectivity index (χ2v) is 3.15. The lowest BCUT2D eigenvalue weighted by atomic mass is 10.1. The van der Waals surface area contributed by atoms with Crippen LogP contribution in [0, 0.1) is 0 Å². The maximum atomic E-state index is 11.1. The van der Waals surface area contributed by atoms with E-state index in [1.54, 1.807) is 6.08 Å². The van der Waals surface area contributed by atoms with E-state index in [1.165, 1.54) is 6.08 Å². The molecule has 2 heterocycles. The highest BCUT2D eigenvalue weighted by Gasteiger charge is 2.23. The molecule has 3 nitrogen and oxygen atoms in total. The van der Waals surface area contributed by atoms with Gasteiger partial charge in [-0.1, -0.05) is 18.2 Å². The van der Waals surface area contributed by atoms with Gasteiger partial charge in [-0.2, -0.15) is 0 Å². The summed E-state index contributed by atoms with van der Waals surface area (Å²) in [7, 11) is 0. The number of fused-ring (bicyclic) bond motifs is 3. The van der Waals surface area contributed by atoms with Crippen molar-refractivity contribution < 1.29 is 4.79 Å². The number of nitrogens with zero attached hydrogens (tertiary/aromatic N) is 2. The van der Waals surface area contributed by atoms with Gasteiger partial charge in [0, 0.05) is 11.6 Å². The van der Waals surface area contributed by atoms with E-state index in [0.717, 1.165) is 17.0 Å². The van der Waals surface area contributed by atoms with E-state index < -0.39 is 0 Å². The first-order valence-electron chi connectivity index (χ1n) is 4.34. The van der Waals surface area contributed by atoms with Crippen LogP contribution in [-0.4, -0.2) is 17.3 Å². The van der Waals surface area contributed by atoms with Gasteiger partial charge in [0.1, 0.15) is 5.71 Å². The van der Waals surface area contributed by atoms with Gasteiger partial charge in [-0.3, -0.25) is 4.79 Å². The molecule has 0 radical (unpaired) electrons. The van der Waals surface area contributed by atoms with Crippen molar-refractivity contribution in [3.63, 3.8) is 0 Å². The number of amides is 1. The Morgan fingerprint density at radius 1 is 1.00 bits per heavy atom. The number of para-hydroxylation sites is 1. The van der Waals surface area contributed by atoms with Crippen molar-refractivity contribution in [3.8, 4) is 0 Å². The van der Waals surface area contributed by atoms with Crippen LogP contribution in [0.25, 0.3) is 0 Å². The molecule has 3 rings (SSSR count). The lowest BCUT2D eigenvalue weighted by molar-refractivity contribution is -0.113. The summed E-state index contributed by atoms with van der Waals surface area (Å²) in [6.07, 6.45) is 3.15. The van der Waals surface area contributed by atoms with E-state index in [-0.39, 0.29) is 5.91 Å². The lowest BCUT2D eigenvalue weighted by Crippen LogP contribution is -2.14. The van der Waals surface area contributed by atoms with Crippen molar-refractivity contribution in [1.82, 2.24) is 0 Å². The molecule has 0 aliphatic carbocycles. The zero-order valence-corrected chi connectivity index (χ0v) is 7.27. The van der Waals surface area contributed by atoms with E-state index in [0.29, 0.717) is 5.71 Å². The third-order valence-electron chi connectivity index (χ3n) is 2.25. The first-order chi connectivity index (χ1) is 6.84. The second kappa shape index (κ2) is 2.48. The van der Waals surface area contributed by atoms with Crippen molar-refractivity contribution in [2.45, 2.75) is 0 Å². The average Bonchev–Trinajstić information content (AvgIpc) is 2.56. The van der Waals surface area contributed by atoms with Gasteiger partial charge in [0.15, 0.2) is 0 Å². The summed E-state index contributed by atoms with van der Waals surface area (Å²) in [4.78, 5) is 19.4. The molecule has 0 saturated carbocycles. The molecule has 14 heavy (non-hydrogen) atoms. The number of hydrogen-bond donors (Lipinski definition) is 0. The highest BCUT2D eigenvalue weighted by Crippen LogP contribution is 2.28. The standard InChI is InChI=1S/C11H6N2O/c14-10-6-5-9-11(13-10)7-3-1-2-4-8(7)12-9/h1-6H. The van der Waals surface area contributed by atoms with Crippen molar-refractivity contribution in [2.24, 2.45) is 9.98 Å². The molecular formula is C11H6N2O. The topological polar surface area (TPSA) is 41.8 Å². The lowest BCUT2D eigenvalue weighted by Gasteiger charge is -2.01. The summed E-state index contributed by atoms with van der Waals surface area (Å²) in [6.45, 7) is 0. The van der Waals surface area contributed by atoms with Gasteiger partial charge in [-0.05, 0) is 12.1 Å². The molecule has 0 saturated heterocycles. The maximum absolute atomic E-state index is 11.1. The minimum absolute atomic E-state index is 0.212. The summed E-state index contributed by atoms with van der Waals surface area (Å²) >= 11 is 0. The van der Waals surface area contributed by atoms with Crippen LogP contribution in [0.3, 0.4) is 0 Å². The number of allylic oxidation sites excluding steroid dienone is 1. The molecule has 0 aromatic heterocycles. The van der Waals surface area contributed by atoms with Crippen LogP contribution in [0.4, 0.5) is 5.69 Å². The second-order valence-electron chi connectivity index (χ2n) is 3.15. The number of dihydropyridines is 1. The number of hydrogen-bond acceptors (Lipinski definition) is 2. The summed E-state index contributed by atoms with van der Waals surface area (Å²) in [5, 5.41) is 0. The first-order valence-corrected chi connectivity index (χ1v) is 4.34. The Morgan fingerprint density at radius 3 is 2.79 bits per heavy atom. The molecule has 0 N–H and O–H groups in total. The highest BCUT2D eigenvalue weighted by molar-refractivity contribution is 6.57. The molecule has 0 bridgehead atoms. The molecule has 2 aliphatic rings. The van der Waals surface area contributed by atoms with Crippen LogP contribution < -0.4 is 0 Å². The summed E-state index contributed by atoms with van der Waals surface area (Å²) < 4.78 is 0.